The third kappa shape index (κ3) is 2.00. The topological polar surface area (TPSA) is 33.1 Å². The van der Waals surface area contributed by atoms with Crippen LogP contribution in [-0.4, -0.2) is 41.1 Å². The van der Waals surface area contributed by atoms with Crippen LogP contribution < -0.4 is 5.32 Å². The number of nitrogens with zero attached hydrogens (tertiary/aromatic N) is 3. The molecule has 0 unspecified atom stereocenters. The third-order valence-electron chi connectivity index (χ3n) is 4.20. The average Bonchev–Trinajstić information content (AvgIpc) is 2.69. The van der Waals surface area contributed by atoms with Crippen molar-refractivity contribution in [1.29, 1.82) is 0 Å². The van der Waals surface area contributed by atoms with Gasteiger partial charge < -0.3 is 14.8 Å². The summed E-state index contributed by atoms with van der Waals surface area (Å²) < 4.78 is 2.41. The smallest absolute Gasteiger partial charge is 0.106 e. The summed E-state index contributed by atoms with van der Waals surface area (Å²) in [4.78, 5) is 7.27. The molecule has 2 aliphatic heterocycles. The Bertz CT molecular complexity index is 402. The fraction of sp³-hybridized carbons (Fsp3) is 0.769. The highest BCUT2D eigenvalue weighted by molar-refractivity contribution is 5.23. The van der Waals surface area contributed by atoms with Crippen LogP contribution >= 0.6 is 0 Å². The molecule has 1 aromatic heterocycles. The normalized spacial score (nSPS) is 22.7. The molecule has 0 aliphatic carbocycles. The summed E-state index contributed by atoms with van der Waals surface area (Å²) in [5.41, 5.74) is 2.83. The molecule has 17 heavy (non-hydrogen) atoms. The van der Waals surface area contributed by atoms with E-state index in [-0.39, 0.29) is 0 Å². The van der Waals surface area contributed by atoms with Gasteiger partial charge in [-0.15, -0.1) is 0 Å². The summed E-state index contributed by atoms with van der Waals surface area (Å²) in [5, 5.41) is 3.47. The summed E-state index contributed by atoms with van der Waals surface area (Å²) in [5.74, 6) is 1.89. The number of piperidine rings is 1. The number of nitrogens with one attached hydrogen (secondary N) is 1. The Morgan fingerprint density at radius 2 is 2.00 bits per heavy atom. The monoisotopic (exact) mass is 234 g/mol. The van der Waals surface area contributed by atoms with E-state index in [2.05, 4.69) is 28.8 Å². The first kappa shape index (κ1) is 11.2. The highest BCUT2D eigenvalue weighted by atomic mass is 15.2. The lowest BCUT2D eigenvalue weighted by Crippen LogP contribution is -2.32. The molecule has 1 N–H and O–H groups in total. The van der Waals surface area contributed by atoms with Crippen LogP contribution in [0.1, 0.15) is 36.0 Å². The van der Waals surface area contributed by atoms with Gasteiger partial charge in [-0.1, -0.05) is 0 Å². The van der Waals surface area contributed by atoms with Crippen molar-refractivity contribution in [3.8, 4) is 0 Å². The first-order valence-corrected chi connectivity index (χ1v) is 6.71. The number of fused-ring (bicyclic) bond motifs is 1. The van der Waals surface area contributed by atoms with Crippen molar-refractivity contribution < 1.29 is 0 Å². The molecule has 0 saturated carbocycles. The van der Waals surface area contributed by atoms with E-state index in [1.807, 2.05) is 0 Å². The SMILES string of the molecule is Cc1nc(C2CCN(C)CC2)c2n1CCNC2. The Balaban J connectivity index is 1.87. The predicted octanol–water partition coefficient (Wildman–Crippen LogP) is 1.10. The zero-order valence-corrected chi connectivity index (χ0v) is 10.9. The van der Waals surface area contributed by atoms with Crippen LogP contribution in [0.2, 0.25) is 0 Å². The van der Waals surface area contributed by atoms with Gasteiger partial charge in [-0.3, -0.25) is 0 Å². The van der Waals surface area contributed by atoms with Crippen molar-refractivity contribution in [3.63, 3.8) is 0 Å². The molecule has 3 rings (SSSR count). The van der Waals surface area contributed by atoms with Crippen LogP contribution in [-0.2, 0) is 13.1 Å². The van der Waals surface area contributed by atoms with Gasteiger partial charge in [0.15, 0.2) is 0 Å². The molecule has 1 aromatic rings. The molecule has 0 bridgehead atoms. The van der Waals surface area contributed by atoms with E-state index in [0.29, 0.717) is 5.92 Å². The molecule has 0 amide bonds. The van der Waals surface area contributed by atoms with Crippen molar-refractivity contribution in [2.75, 3.05) is 26.7 Å². The minimum absolute atomic E-state index is 0.682. The second-order valence-electron chi connectivity index (χ2n) is 5.40. The first-order chi connectivity index (χ1) is 8.25. The van der Waals surface area contributed by atoms with Gasteiger partial charge in [0.25, 0.3) is 0 Å². The fourth-order valence-corrected chi connectivity index (χ4v) is 3.12. The van der Waals surface area contributed by atoms with Gasteiger partial charge in [0.2, 0.25) is 0 Å². The summed E-state index contributed by atoms with van der Waals surface area (Å²) in [7, 11) is 2.21. The van der Waals surface area contributed by atoms with Gasteiger partial charge in [-0.25, -0.2) is 4.98 Å². The van der Waals surface area contributed by atoms with Gasteiger partial charge in [0.05, 0.1) is 11.4 Å². The Morgan fingerprint density at radius 1 is 1.24 bits per heavy atom. The average molecular weight is 234 g/mol. The lowest BCUT2D eigenvalue weighted by atomic mass is 9.92. The van der Waals surface area contributed by atoms with E-state index in [1.165, 1.54) is 43.1 Å². The van der Waals surface area contributed by atoms with Crippen molar-refractivity contribution in [1.82, 2.24) is 19.8 Å². The second-order valence-corrected chi connectivity index (χ2v) is 5.40. The molecule has 94 valence electrons. The standard InChI is InChI=1S/C13H22N4/c1-10-15-13(11-3-6-16(2)7-4-11)12-9-14-5-8-17(10)12/h11,14H,3-9H2,1-2H3. The van der Waals surface area contributed by atoms with Crippen molar-refractivity contribution in [2.45, 2.75) is 38.8 Å². The molecule has 3 heterocycles. The quantitative estimate of drug-likeness (QED) is 0.790. The summed E-state index contributed by atoms with van der Waals surface area (Å²) >= 11 is 0. The summed E-state index contributed by atoms with van der Waals surface area (Å²) in [6, 6.07) is 0. The molecular formula is C13H22N4. The maximum Gasteiger partial charge on any atom is 0.106 e. The molecule has 1 saturated heterocycles. The number of hydrogen-bond donors (Lipinski definition) is 1. The molecule has 0 atom stereocenters. The van der Waals surface area contributed by atoms with Gasteiger partial charge >= 0.3 is 0 Å². The van der Waals surface area contributed by atoms with Crippen LogP contribution in [0.4, 0.5) is 0 Å². The predicted molar refractivity (Wildman–Crippen MR) is 68.1 cm³/mol. The maximum atomic E-state index is 4.85. The molecule has 0 radical (unpaired) electrons. The number of imidazole rings is 1. The van der Waals surface area contributed by atoms with Crippen molar-refractivity contribution in [3.05, 3.63) is 17.2 Å². The Labute approximate surface area is 103 Å². The van der Waals surface area contributed by atoms with Crippen molar-refractivity contribution in [2.24, 2.45) is 0 Å². The minimum atomic E-state index is 0.682. The van der Waals surface area contributed by atoms with Crippen LogP contribution in [0.25, 0.3) is 0 Å². The zero-order chi connectivity index (χ0) is 11.8. The zero-order valence-electron chi connectivity index (χ0n) is 10.9. The van der Waals surface area contributed by atoms with Crippen LogP contribution in [0, 0.1) is 6.92 Å². The minimum Gasteiger partial charge on any atom is -0.330 e. The van der Waals surface area contributed by atoms with E-state index < -0.39 is 0 Å². The van der Waals surface area contributed by atoms with Crippen LogP contribution in [0.3, 0.4) is 0 Å². The number of aromatic nitrogens is 2. The fourth-order valence-electron chi connectivity index (χ4n) is 3.12. The number of aryl methyl sites for hydroxylation is 1. The Hall–Kier alpha value is -0.870. The van der Waals surface area contributed by atoms with Crippen LogP contribution in [0.15, 0.2) is 0 Å². The highest BCUT2D eigenvalue weighted by Crippen LogP contribution is 2.30. The van der Waals surface area contributed by atoms with E-state index in [1.54, 1.807) is 0 Å². The maximum absolute atomic E-state index is 4.85. The van der Waals surface area contributed by atoms with Gasteiger partial charge in [-0.2, -0.15) is 0 Å². The van der Waals surface area contributed by atoms with Crippen LogP contribution in [0.5, 0.6) is 0 Å². The van der Waals surface area contributed by atoms with E-state index >= 15 is 0 Å². The molecule has 4 heteroatoms. The van der Waals surface area contributed by atoms with Gasteiger partial charge in [-0.05, 0) is 39.9 Å². The van der Waals surface area contributed by atoms with Gasteiger partial charge in [0.1, 0.15) is 5.82 Å². The molecule has 0 spiro atoms. The van der Waals surface area contributed by atoms with Crippen molar-refractivity contribution >= 4 is 0 Å². The van der Waals surface area contributed by atoms with E-state index in [9.17, 15) is 0 Å². The second kappa shape index (κ2) is 4.42. The molecule has 4 nitrogen and oxygen atoms in total. The third-order valence-corrected chi connectivity index (χ3v) is 4.20. The molecule has 0 aromatic carbocycles. The van der Waals surface area contributed by atoms with E-state index in [4.69, 9.17) is 4.98 Å². The Morgan fingerprint density at radius 3 is 2.76 bits per heavy atom. The lowest BCUT2D eigenvalue weighted by molar-refractivity contribution is 0.252. The largest absolute Gasteiger partial charge is 0.330 e. The number of likely N-dealkylation sites (tertiary alicyclic amines) is 1. The molecule has 2 aliphatic rings. The number of hydrogen-bond acceptors (Lipinski definition) is 3. The Kier molecular flexibility index (Phi) is 2.92. The van der Waals surface area contributed by atoms with Gasteiger partial charge in [0, 0.05) is 25.6 Å². The molecular weight excluding hydrogens is 212 g/mol. The lowest BCUT2D eigenvalue weighted by Gasteiger charge is -2.29. The summed E-state index contributed by atoms with van der Waals surface area (Å²) in [6.07, 6.45) is 2.53. The summed E-state index contributed by atoms with van der Waals surface area (Å²) in [6.45, 7) is 7.74. The number of rotatable bonds is 1. The highest BCUT2D eigenvalue weighted by Gasteiger charge is 2.26. The van der Waals surface area contributed by atoms with E-state index in [0.717, 1.165) is 19.6 Å². The molecule has 1 fully saturated rings. The first-order valence-electron chi connectivity index (χ1n) is 6.71.